The topological polar surface area (TPSA) is 69.2 Å². The number of thioether (sulfide) groups is 1. The van der Waals surface area contributed by atoms with Gasteiger partial charge in [-0.1, -0.05) is 18.2 Å². The van der Waals surface area contributed by atoms with Gasteiger partial charge in [0.15, 0.2) is 5.16 Å². The van der Waals surface area contributed by atoms with Gasteiger partial charge in [0, 0.05) is 18.8 Å². The molecule has 1 aliphatic heterocycles. The largest absolute Gasteiger partial charge is 0.477 e. The lowest BCUT2D eigenvalue weighted by Crippen LogP contribution is -2.17. The van der Waals surface area contributed by atoms with Gasteiger partial charge in [0.25, 0.3) is 0 Å². The Morgan fingerprint density at radius 3 is 2.70 bits per heavy atom. The van der Waals surface area contributed by atoms with Crippen LogP contribution in [0.1, 0.15) is 24.0 Å². The first-order valence-electron chi connectivity index (χ1n) is 9.03. The summed E-state index contributed by atoms with van der Waals surface area (Å²) in [4.78, 5) is 22.0. The number of carboxylic acids is 1. The van der Waals surface area contributed by atoms with E-state index < -0.39 is 5.97 Å². The number of benzene rings is 2. The van der Waals surface area contributed by atoms with E-state index in [0.717, 1.165) is 47.0 Å². The summed E-state index contributed by atoms with van der Waals surface area (Å²) in [5.41, 5.74) is 4.93. The minimum Gasteiger partial charge on any atom is -0.477 e. The summed E-state index contributed by atoms with van der Waals surface area (Å²) in [6.45, 7) is 4.21. The molecule has 0 unspecified atom stereocenters. The minimum absolute atomic E-state index is 0.242. The van der Waals surface area contributed by atoms with Crippen molar-refractivity contribution in [2.24, 2.45) is 0 Å². The lowest BCUT2D eigenvalue weighted by atomic mass is 10.1. The predicted octanol–water partition coefficient (Wildman–Crippen LogP) is 4.69. The van der Waals surface area contributed by atoms with Crippen molar-refractivity contribution in [3.05, 3.63) is 58.5 Å². The molecule has 0 saturated carbocycles. The number of fused-ring (bicyclic) bond motifs is 1. The van der Waals surface area contributed by atoms with Crippen LogP contribution >= 0.6 is 11.8 Å². The molecule has 4 rings (SSSR count). The summed E-state index contributed by atoms with van der Waals surface area (Å²) in [6, 6.07) is 13.9. The van der Waals surface area contributed by atoms with E-state index in [9.17, 15) is 9.90 Å². The number of hydrogen-bond acceptors (Lipinski definition) is 4. The molecule has 0 bridgehead atoms. The molecule has 0 amide bonds. The zero-order valence-corrected chi connectivity index (χ0v) is 15.9. The maximum Gasteiger partial charge on any atom is 0.342 e. The Balaban J connectivity index is 1.61. The molecule has 1 fully saturated rings. The molecule has 3 aromatic rings. The number of rotatable bonds is 5. The molecule has 5 nitrogen and oxygen atoms in total. The summed E-state index contributed by atoms with van der Waals surface area (Å²) in [5, 5.41) is 10.2. The Morgan fingerprint density at radius 1 is 1.22 bits per heavy atom. The number of carboxylic acid groups (broad SMARTS) is 1. The molecular formula is C21H21N3O2S. The van der Waals surface area contributed by atoms with Crippen LogP contribution in [0.4, 0.5) is 5.69 Å². The van der Waals surface area contributed by atoms with Crippen molar-refractivity contribution in [1.29, 1.82) is 0 Å². The van der Waals surface area contributed by atoms with Crippen LogP contribution in [0, 0.1) is 6.92 Å². The molecule has 27 heavy (non-hydrogen) atoms. The zero-order chi connectivity index (χ0) is 18.8. The molecule has 0 spiro atoms. The van der Waals surface area contributed by atoms with Gasteiger partial charge in [-0.3, -0.25) is 0 Å². The molecule has 0 radical (unpaired) electrons. The van der Waals surface area contributed by atoms with Gasteiger partial charge in [-0.15, -0.1) is 0 Å². The summed E-state index contributed by atoms with van der Waals surface area (Å²) >= 11 is 1.14. The zero-order valence-electron chi connectivity index (χ0n) is 15.1. The minimum atomic E-state index is -0.955. The molecular weight excluding hydrogens is 358 g/mol. The monoisotopic (exact) mass is 379 g/mol. The van der Waals surface area contributed by atoms with E-state index in [1.165, 1.54) is 18.5 Å². The molecule has 0 atom stereocenters. The highest BCUT2D eigenvalue weighted by Crippen LogP contribution is 2.30. The van der Waals surface area contributed by atoms with E-state index in [4.69, 9.17) is 0 Å². The third-order valence-corrected chi connectivity index (χ3v) is 5.70. The average Bonchev–Trinajstić information content (AvgIpc) is 3.31. The SMILES string of the molecule is Cc1cc(N2CCCC2)ccc1/C=C(/Sc1nc2ccccc2[nH]1)C(=O)O. The van der Waals surface area contributed by atoms with Gasteiger partial charge in [0.1, 0.15) is 4.91 Å². The van der Waals surface area contributed by atoms with Crippen molar-refractivity contribution in [2.75, 3.05) is 18.0 Å². The quantitative estimate of drug-likeness (QED) is 0.497. The van der Waals surface area contributed by atoms with Crippen LogP contribution in [0.5, 0.6) is 0 Å². The third kappa shape index (κ3) is 3.85. The second-order valence-electron chi connectivity index (χ2n) is 6.71. The Kier molecular flexibility index (Phi) is 4.90. The van der Waals surface area contributed by atoms with Crippen LogP contribution in [0.3, 0.4) is 0 Å². The first-order valence-corrected chi connectivity index (χ1v) is 9.85. The van der Waals surface area contributed by atoms with Crippen molar-refractivity contribution >= 4 is 40.5 Å². The summed E-state index contributed by atoms with van der Waals surface area (Å²) < 4.78 is 0. The van der Waals surface area contributed by atoms with Gasteiger partial charge in [-0.25, -0.2) is 9.78 Å². The van der Waals surface area contributed by atoms with E-state index in [-0.39, 0.29) is 4.91 Å². The molecule has 2 N–H and O–H groups in total. The molecule has 6 heteroatoms. The van der Waals surface area contributed by atoms with E-state index in [0.29, 0.717) is 5.16 Å². The number of aromatic nitrogens is 2. The van der Waals surface area contributed by atoms with Crippen LogP contribution in [-0.4, -0.2) is 34.1 Å². The lowest BCUT2D eigenvalue weighted by Gasteiger charge is -2.18. The van der Waals surface area contributed by atoms with E-state index >= 15 is 0 Å². The van der Waals surface area contributed by atoms with Gasteiger partial charge in [0.05, 0.1) is 11.0 Å². The number of para-hydroxylation sites is 2. The van der Waals surface area contributed by atoms with Gasteiger partial charge < -0.3 is 15.0 Å². The molecule has 0 aliphatic carbocycles. The van der Waals surface area contributed by atoms with Gasteiger partial charge in [-0.2, -0.15) is 0 Å². The maximum atomic E-state index is 11.8. The fourth-order valence-electron chi connectivity index (χ4n) is 3.35. The summed E-state index contributed by atoms with van der Waals surface area (Å²) in [6.07, 6.45) is 4.19. The van der Waals surface area contributed by atoms with E-state index in [2.05, 4.69) is 27.0 Å². The number of anilines is 1. The maximum absolute atomic E-state index is 11.8. The summed E-state index contributed by atoms with van der Waals surface area (Å²) in [5.74, 6) is -0.955. The van der Waals surface area contributed by atoms with E-state index in [1.807, 2.05) is 37.3 Å². The Bertz CT molecular complexity index is 986. The van der Waals surface area contributed by atoms with Gasteiger partial charge in [0.2, 0.25) is 0 Å². The Hall–Kier alpha value is -2.73. The number of nitrogens with zero attached hydrogens (tertiary/aromatic N) is 2. The number of hydrogen-bond donors (Lipinski definition) is 2. The fraction of sp³-hybridized carbons (Fsp3) is 0.238. The molecule has 2 aromatic carbocycles. The number of nitrogens with one attached hydrogen (secondary N) is 1. The number of aryl methyl sites for hydroxylation is 1. The fourth-order valence-corrected chi connectivity index (χ4v) is 4.14. The number of imidazole rings is 1. The van der Waals surface area contributed by atoms with Crippen molar-refractivity contribution in [1.82, 2.24) is 9.97 Å². The van der Waals surface area contributed by atoms with Crippen molar-refractivity contribution < 1.29 is 9.90 Å². The van der Waals surface area contributed by atoms with Crippen LogP contribution in [0.25, 0.3) is 17.1 Å². The number of aromatic amines is 1. The summed E-state index contributed by atoms with van der Waals surface area (Å²) in [7, 11) is 0. The van der Waals surface area contributed by atoms with Crippen molar-refractivity contribution in [3.63, 3.8) is 0 Å². The van der Waals surface area contributed by atoms with E-state index in [1.54, 1.807) is 6.08 Å². The second kappa shape index (κ2) is 7.48. The highest BCUT2D eigenvalue weighted by atomic mass is 32.2. The second-order valence-corrected chi connectivity index (χ2v) is 7.74. The highest BCUT2D eigenvalue weighted by Gasteiger charge is 2.15. The Labute approximate surface area is 162 Å². The number of H-pyrrole nitrogens is 1. The van der Waals surface area contributed by atoms with Gasteiger partial charge >= 0.3 is 5.97 Å². The molecule has 138 valence electrons. The third-order valence-electron chi connectivity index (χ3n) is 4.80. The van der Waals surface area contributed by atoms with Crippen molar-refractivity contribution in [2.45, 2.75) is 24.9 Å². The number of aliphatic carboxylic acids is 1. The first-order chi connectivity index (χ1) is 13.1. The first kappa shape index (κ1) is 17.7. The standard InChI is InChI=1S/C21H21N3O2S/c1-14-12-16(24-10-4-5-11-24)9-8-15(14)13-19(20(25)26)27-21-22-17-6-2-3-7-18(17)23-21/h2-3,6-9,12-13H,4-5,10-11H2,1H3,(H,22,23)(H,25,26)/b19-13+. The Morgan fingerprint density at radius 2 is 2.00 bits per heavy atom. The molecule has 2 heterocycles. The normalized spacial score (nSPS) is 14.9. The van der Waals surface area contributed by atoms with Crippen LogP contribution < -0.4 is 4.90 Å². The van der Waals surface area contributed by atoms with Crippen LogP contribution in [-0.2, 0) is 4.79 Å². The lowest BCUT2D eigenvalue weighted by molar-refractivity contribution is -0.131. The molecule has 1 aliphatic rings. The van der Waals surface area contributed by atoms with Crippen molar-refractivity contribution in [3.8, 4) is 0 Å². The number of carbonyl (C=O) groups is 1. The van der Waals surface area contributed by atoms with Crippen LogP contribution in [0.15, 0.2) is 52.5 Å². The van der Waals surface area contributed by atoms with Crippen LogP contribution in [0.2, 0.25) is 0 Å². The average molecular weight is 379 g/mol. The predicted molar refractivity (Wildman–Crippen MR) is 110 cm³/mol. The highest BCUT2D eigenvalue weighted by molar-refractivity contribution is 8.04. The van der Waals surface area contributed by atoms with Gasteiger partial charge in [-0.05, 0) is 73.0 Å². The molecule has 1 saturated heterocycles. The smallest absolute Gasteiger partial charge is 0.342 e. The molecule has 1 aromatic heterocycles.